The second kappa shape index (κ2) is 5.64. The summed E-state index contributed by atoms with van der Waals surface area (Å²) in [7, 11) is -2.25. The normalized spacial score (nSPS) is 11.6. The van der Waals surface area contributed by atoms with Gasteiger partial charge in [-0.25, -0.2) is 17.5 Å². The number of hydrogen-bond donors (Lipinski definition) is 2. The van der Waals surface area contributed by atoms with Crippen LogP contribution in [0.5, 0.6) is 0 Å². The van der Waals surface area contributed by atoms with Gasteiger partial charge < -0.3 is 9.73 Å². The smallest absolute Gasteiger partial charge is 0.273 e. The van der Waals surface area contributed by atoms with E-state index in [-0.39, 0.29) is 10.9 Å². The highest BCUT2D eigenvalue weighted by Gasteiger charge is 2.16. The molecule has 0 saturated heterocycles. The van der Waals surface area contributed by atoms with E-state index in [1.165, 1.54) is 25.2 Å². The minimum absolute atomic E-state index is 0.132. The zero-order valence-electron chi connectivity index (χ0n) is 11.1. The van der Waals surface area contributed by atoms with Gasteiger partial charge in [0.05, 0.1) is 6.54 Å². The van der Waals surface area contributed by atoms with Gasteiger partial charge in [0.2, 0.25) is 5.09 Å². The molecular formula is C13H15FN2O3S. The van der Waals surface area contributed by atoms with Crippen molar-refractivity contribution in [2.75, 3.05) is 12.4 Å². The van der Waals surface area contributed by atoms with Crippen molar-refractivity contribution in [2.24, 2.45) is 0 Å². The Morgan fingerprint density at radius 3 is 2.65 bits per heavy atom. The third kappa shape index (κ3) is 3.17. The summed E-state index contributed by atoms with van der Waals surface area (Å²) >= 11 is 0. The molecule has 0 aliphatic heterocycles. The molecule has 0 bridgehead atoms. The lowest BCUT2D eigenvalue weighted by molar-refractivity contribution is 0.417. The minimum atomic E-state index is -3.57. The molecule has 1 heterocycles. The van der Waals surface area contributed by atoms with Crippen molar-refractivity contribution in [3.05, 3.63) is 47.5 Å². The van der Waals surface area contributed by atoms with E-state index >= 15 is 0 Å². The Kier molecular flexibility index (Phi) is 4.10. The molecule has 0 unspecified atom stereocenters. The summed E-state index contributed by atoms with van der Waals surface area (Å²) < 4.78 is 43.4. The van der Waals surface area contributed by atoms with Gasteiger partial charge in [0.1, 0.15) is 11.6 Å². The van der Waals surface area contributed by atoms with Gasteiger partial charge in [-0.05, 0) is 49.9 Å². The van der Waals surface area contributed by atoms with Crippen LogP contribution in [0.25, 0.3) is 0 Å². The summed E-state index contributed by atoms with van der Waals surface area (Å²) in [5.41, 5.74) is 1.53. The van der Waals surface area contributed by atoms with Gasteiger partial charge in [0.25, 0.3) is 10.0 Å². The molecule has 7 heteroatoms. The molecule has 0 saturated carbocycles. The second-order valence-corrected chi connectivity index (χ2v) is 6.06. The quantitative estimate of drug-likeness (QED) is 0.888. The number of anilines is 1. The highest BCUT2D eigenvalue weighted by molar-refractivity contribution is 7.89. The maximum absolute atomic E-state index is 13.0. The van der Waals surface area contributed by atoms with Crippen molar-refractivity contribution in [3.63, 3.8) is 0 Å². The number of benzene rings is 1. The zero-order chi connectivity index (χ0) is 14.8. The first-order valence-corrected chi connectivity index (χ1v) is 7.43. The van der Waals surface area contributed by atoms with Crippen molar-refractivity contribution >= 4 is 15.7 Å². The fourth-order valence-corrected chi connectivity index (χ4v) is 2.37. The van der Waals surface area contributed by atoms with Gasteiger partial charge in [0.15, 0.2) is 0 Å². The number of hydrogen-bond acceptors (Lipinski definition) is 4. The number of aryl methyl sites for hydroxylation is 1. The summed E-state index contributed by atoms with van der Waals surface area (Å²) in [4.78, 5) is 0. The van der Waals surface area contributed by atoms with Crippen LogP contribution in [-0.2, 0) is 16.6 Å². The monoisotopic (exact) mass is 298 g/mol. The molecule has 2 aromatic rings. The summed E-state index contributed by atoms with van der Waals surface area (Å²) in [6.45, 7) is 2.09. The fraction of sp³-hybridized carbons (Fsp3) is 0.231. The second-order valence-electron chi connectivity index (χ2n) is 4.24. The average molecular weight is 298 g/mol. The van der Waals surface area contributed by atoms with Crippen molar-refractivity contribution in [2.45, 2.75) is 18.6 Å². The number of halogens is 1. The van der Waals surface area contributed by atoms with E-state index in [9.17, 15) is 12.8 Å². The van der Waals surface area contributed by atoms with Gasteiger partial charge in [-0.15, -0.1) is 0 Å². The van der Waals surface area contributed by atoms with Crippen LogP contribution in [0.15, 0.2) is 39.8 Å². The van der Waals surface area contributed by atoms with Crippen molar-refractivity contribution < 1.29 is 17.2 Å². The average Bonchev–Trinajstić information content (AvgIpc) is 2.87. The molecule has 1 aromatic heterocycles. The molecule has 108 valence electrons. The van der Waals surface area contributed by atoms with Gasteiger partial charge in [-0.1, -0.05) is 0 Å². The maximum atomic E-state index is 13.0. The largest absolute Gasteiger partial charge is 0.446 e. The van der Waals surface area contributed by atoms with Crippen molar-refractivity contribution in [1.29, 1.82) is 0 Å². The Bertz CT molecular complexity index is 710. The van der Waals surface area contributed by atoms with Crippen LogP contribution < -0.4 is 10.0 Å². The first-order valence-electron chi connectivity index (χ1n) is 5.94. The molecule has 0 aliphatic carbocycles. The van der Waals surface area contributed by atoms with Gasteiger partial charge in [-0.3, -0.25) is 0 Å². The predicted molar refractivity (Wildman–Crippen MR) is 73.4 cm³/mol. The lowest BCUT2D eigenvalue weighted by Crippen LogP contribution is -2.17. The molecule has 2 N–H and O–H groups in total. The first kappa shape index (κ1) is 14.5. The number of sulfonamides is 1. The highest BCUT2D eigenvalue weighted by Crippen LogP contribution is 2.18. The number of nitrogens with one attached hydrogen (secondary N) is 2. The molecule has 20 heavy (non-hydrogen) atoms. The summed E-state index contributed by atoms with van der Waals surface area (Å²) in [5, 5.41) is 2.93. The first-order chi connectivity index (χ1) is 9.42. The lowest BCUT2D eigenvalue weighted by atomic mass is 10.2. The van der Waals surface area contributed by atoms with E-state index < -0.39 is 10.0 Å². The van der Waals surface area contributed by atoms with Crippen LogP contribution >= 0.6 is 0 Å². The molecule has 0 aliphatic rings. The van der Waals surface area contributed by atoms with E-state index in [1.807, 2.05) is 0 Å². The van der Waals surface area contributed by atoms with Crippen LogP contribution in [0.1, 0.15) is 11.3 Å². The molecule has 1 aromatic carbocycles. The molecule has 0 radical (unpaired) electrons. The minimum Gasteiger partial charge on any atom is -0.446 e. The van der Waals surface area contributed by atoms with Gasteiger partial charge in [0, 0.05) is 5.69 Å². The van der Waals surface area contributed by atoms with Crippen molar-refractivity contribution in [1.82, 2.24) is 4.72 Å². The van der Waals surface area contributed by atoms with Gasteiger partial charge >= 0.3 is 0 Å². The van der Waals surface area contributed by atoms with Crippen molar-refractivity contribution in [3.8, 4) is 0 Å². The number of rotatable bonds is 5. The fourth-order valence-electron chi connectivity index (χ4n) is 1.71. The van der Waals surface area contributed by atoms with E-state index in [1.54, 1.807) is 19.1 Å². The van der Waals surface area contributed by atoms with E-state index in [4.69, 9.17) is 4.42 Å². The van der Waals surface area contributed by atoms with E-state index in [2.05, 4.69) is 10.0 Å². The SMILES string of the molecule is CNS(=O)(=O)c1ccc(CNc2ccc(F)cc2C)o1. The van der Waals surface area contributed by atoms with E-state index in [0.29, 0.717) is 12.3 Å². The number of furan rings is 1. The standard InChI is InChI=1S/C13H15FN2O3S/c1-9-7-10(14)3-5-12(9)16-8-11-4-6-13(19-11)20(17,18)15-2/h3-7,15-16H,8H2,1-2H3. The molecular weight excluding hydrogens is 283 g/mol. The topological polar surface area (TPSA) is 71.3 Å². The van der Waals surface area contributed by atoms with E-state index in [0.717, 1.165) is 11.3 Å². The summed E-state index contributed by atoms with van der Waals surface area (Å²) in [6, 6.07) is 7.37. The van der Waals surface area contributed by atoms with Crippen LogP contribution in [0, 0.1) is 12.7 Å². The maximum Gasteiger partial charge on any atom is 0.273 e. The van der Waals surface area contributed by atoms with Gasteiger partial charge in [-0.2, -0.15) is 0 Å². The third-order valence-corrected chi connectivity index (χ3v) is 4.10. The van der Waals surface area contributed by atoms with Crippen LogP contribution in [-0.4, -0.2) is 15.5 Å². The summed E-state index contributed by atoms with van der Waals surface area (Å²) in [5.74, 6) is 0.177. The molecule has 0 spiro atoms. The highest BCUT2D eigenvalue weighted by atomic mass is 32.2. The van der Waals surface area contributed by atoms with Crippen LogP contribution in [0.2, 0.25) is 0 Å². The van der Waals surface area contributed by atoms with Crippen LogP contribution in [0.4, 0.5) is 10.1 Å². The molecule has 5 nitrogen and oxygen atoms in total. The Hall–Kier alpha value is -1.86. The summed E-state index contributed by atoms with van der Waals surface area (Å²) in [6.07, 6.45) is 0. The predicted octanol–water partition coefficient (Wildman–Crippen LogP) is 2.25. The Labute approximate surface area is 116 Å². The Morgan fingerprint density at radius 1 is 1.25 bits per heavy atom. The molecule has 0 amide bonds. The molecule has 0 atom stereocenters. The zero-order valence-corrected chi connectivity index (χ0v) is 11.9. The van der Waals surface area contributed by atoms with Crippen LogP contribution in [0.3, 0.4) is 0 Å². The third-order valence-electron chi connectivity index (χ3n) is 2.81. The molecule has 0 fully saturated rings. The Balaban J connectivity index is 2.08. The molecule has 2 rings (SSSR count). The lowest BCUT2D eigenvalue weighted by Gasteiger charge is -2.07. The Morgan fingerprint density at radius 2 is 2.00 bits per heavy atom.